The Morgan fingerprint density at radius 3 is 1.52 bits per heavy atom. The van der Waals surface area contributed by atoms with Crippen LogP contribution in [0.4, 0.5) is 22.7 Å². The van der Waals surface area contributed by atoms with E-state index in [4.69, 9.17) is 9.72 Å². The Kier molecular flexibility index (Phi) is 12.1. The Bertz CT molecular complexity index is 3410. The molecule has 0 N–H and O–H groups in total. The first kappa shape index (κ1) is 49.5. The summed E-state index contributed by atoms with van der Waals surface area (Å²) in [6.07, 6.45) is 1.94. The van der Waals surface area contributed by atoms with Gasteiger partial charge in [0.25, 0.3) is 0 Å². The molecule has 5 nitrogen and oxygen atoms in total. The maximum absolute atomic E-state index is 7.11. The molecule has 7 aromatic carbocycles. The standard InChI is InChI=1S/C68H74N4O/c1-63(2,3)48-38-39-69-61(42-48)72-57-33-22-21-30-53(57)54-37-36-51(44-60(54)72)73-52-41-49(64(4,5)6)40-50(43-52)70-45-71(59-35-24-23-34-58(59)70)62-55(67(13,65(7,8)9)46-26-17-15-18-27-46)31-25-32-56(62)68(14,66(10,11)12)47-28-19-16-20-29-47/h15-44H,45H2,1-14H3. The Morgan fingerprint density at radius 1 is 0.411 bits per heavy atom. The molecule has 1 aliphatic heterocycles. The van der Waals surface area contributed by atoms with Gasteiger partial charge in [-0.15, -0.1) is 0 Å². The second-order valence-electron chi connectivity index (χ2n) is 24.9. The van der Waals surface area contributed by atoms with Gasteiger partial charge >= 0.3 is 0 Å². The van der Waals surface area contributed by atoms with Crippen LogP contribution < -0.4 is 14.5 Å². The molecule has 372 valence electrons. The average Bonchev–Trinajstić information content (AvgIpc) is 3.91. The molecule has 0 radical (unpaired) electrons. The van der Waals surface area contributed by atoms with Crippen molar-refractivity contribution < 1.29 is 4.74 Å². The number of pyridine rings is 1. The summed E-state index contributed by atoms with van der Waals surface area (Å²) in [5.74, 6) is 2.46. The SMILES string of the molecule is CC(C)(C)c1cc(Oc2ccc3c4ccccc4n(-c4cc(C(C)(C)C)ccn4)c3c2)cc(N2CN(c3c(C(C)(c4ccccc4)C(C)(C)C)cccc3C(C)(c3ccccc3)C(C)(C)C)c3ccccc32)c1. The highest BCUT2D eigenvalue weighted by atomic mass is 16.5. The highest BCUT2D eigenvalue weighted by Crippen LogP contribution is 2.58. The van der Waals surface area contributed by atoms with Gasteiger partial charge in [0, 0.05) is 45.6 Å². The minimum atomic E-state index is -0.386. The lowest BCUT2D eigenvalue weighted by molar-refractivity contribution is 0.242. The van der Waals surface area contributed by atoms with Crippen LogP contribution in [0.1, 0.15) is 130 Å². The van der Waals surface area contributed by atoms with Crippen molar-refractivity contribution in [3.63, 3.8) is 0 Å². The molecule has 0 saturated carbocycles. The molecule has 0 saturated heterocycles. The maximum atomic E-state index is 7.11. The second kappa shape index (κ2) is 17.8. The van der Waals surface area contributed by atoms with Crippen LogP contribution >= 0.6 is 0 Å². The number of anilines is 4. The topological polar surface area (TPSA) is 33.5 Å². The smallest absolute Gasteiger partial charge is 0.137 e. The number of fused-ring (bicyclic) bond motifs is 4. The first-order chi connectivity index (χ1) is 34.5. The number of hydrogen-bond acceptors (Lipinski definition) is 4. The lowest BCUT2D eigenvalue weighted by Crippen LogP contribution is -2.43. The van der Waals surface area contributed by atoms with Gasteiger partial charge < -0.3 is 14.5 Å². The van der Waals surface area contributed by atoms with Crippen LogP contribution in [-0.4, -0.2) is 16.2 Å². The van der Waals surface area contributed by atoms with Crippen molar-refractivity contribution in [2.75, 3.05) is 16.5 Å². The Morgan fingerprint density at radius 2 is 0.945 bits per heavy atom. The van der Waals surface area contributed by atoms with E-state index in [2.05, 4.69) is 287 Å². The van der Waals surface area contributed by atoms with Crippen LogP contribution in [0.15, 0.2) is 182 Å². The van der Waals surface area contributed by atoms with Crippen molar-refractivity contribution in [3.05, 3.63) is 216 Å². The van der Waals surface area contributed by atoms with Crippen molar-refractivity contribution in [1.82, 2.24) is 9.55 Å². The molecular formula is C68H74N4O. The van der Waals surface area contributed by atoms with Gasteiger partial charge in [-0.05, 0) is 110 Å². The van der Waals surface area contributed by atoms with Crippen molar-refractivity contribution in [2.45, 2.75) is 119 Å². The average molecular weight is 963 g/mol. The van der Waals surface area contributed by atoms with E-state index in [1.807, 2.05) is 6.20 Å². The largest absolute Gasteiger partial charge is 0.457 e. The minimum absolute atomic E-state index is 0.0244. The lowest BCUT2D eigenvalue weighted by Gasteiger charge is -2.49. The number of nitrogens with zero attached hydrogens (tertiary/aromatic N) is 4. The van der Waals surface area contributed by atoms with E-state index in [1.165, 1.54) is 50.1 Å². The summed E-state index contributed by atoms with van der Waals surface area (Å²) in [4.78, 5) is 10.1. The second-order valence-corrected chi connectivity index (χ2v) is 24.9. The minimum Gasteiger partial charge on any atom is -0.457 e. The Hall–Kier alpha value is -7.11. The molecule has 0 amide bonds. The predicted molar refractivity (Wildman–Crippen MR) is 309 cm³/mol. The Balaban J connectivity index is 1.15. The Labute approximate surface area is 435 Å². The van der Waals surface area contributed by atoms with E-state index in [0.717, 1.165) is 45.1 Å². The number of hydrogen-bond donors (Lipinski definition) is 0. The number of ether oxygens (including phenoxy) is 1. The molecule has 5 heteroatoms. The number of aromatic nitrogens is 2. The molecule has 0 spiro atoms. The number of benzene rings is 7. The molecule has 0 bridgehead atoms. The van der Waals surface area contributed by atoms with Gasteiger partial charge in [-0.25, -0.2) is 4.98 Å². The van der Waals surface area contributed by atoms with E-state index < -0.39 is 0 Å². The zero-order chi connectivity index (χ0) is 51.9. The molecule has 3 heterocycles. The van der Waals surface area contributed by atoms with E-state index in [9.17, 15) is 0 Å². The van der Waals surface area contributed by atoms with Crippen molar-refractivity contribution in [2.24, 2.45) is 10.8 Å². The van der Waals surface area contributed by atoms with Gasteiger partial charge in [0.15, 0.2) is 0 Å². The van der Waals surface area contributed by atoms with Crippen molar-refractivity contribution in [3.8, 4) is 17.3 Å². The molecule has 2 unspecified atom stereocenters. The highest BCUT2D eigenvalue weighted by Gasteiger charge is 2.49. The molecule has 1 aliphatic rings. The molecule has 2 aromatic heterocycles. The summed E-state index contributed by atoms with van der Waals surface area (Å²) in [5.41, 5.74) is 13.2. The first-order valence-corrected chi connectivity index (χ1v) is 26.2. The van der Waals surface area contributed by atoms with Crippen LogP contribution in [0.3, 0.4) is 0 Å². The molecule has 9 aromatic rings. The van der Waals surface area contributed by atoms with Crippen LogP contribution in [0.5, 0.6) is 11.5 Å². The van der Waals surface area contributed by atoms with Gasteiger partial charge in [-0.2, -0.15) is 0 Å². The van der Waals surface area contributed by atoms with Gasteiger partial charge in [0.05, 0.1) is 28.1 Å². The molecule has 73 heavy (non-hydrogen) atoms. The van der Waals surface area contributed by atoms with Crippen molar-refractivity contribution >= 4 is 44.6 Å². The quantitative estimate of drug-likeness (QED) is 0.144. The fourth-order valence-electron chi connectivity index (χ4n) is 11.4. The van der Waals surface area contributed by atoms with Gasteiger partial charge in [-0.1, -0.05) is 206 Å². The van der Waals surface area contributed by atoms with Gasteiger partial charge in [-0.3, -0.25) is 4.57 Å². The predicted octanol–water partition coefficient (Wildman–Crippen LogP) is 18.5. The maximum Gasteiger partial charge on any atom is 0.137 e. The number of para-hydroxylation sites is 4. The van der Waals surface area contributed by atoms with Crippen LogP contribution in [0, 0.1) is 10.8 Å². The van der Waals surface area contributed by atoms with E-state index in [0.29, 0.717) is 6.67 Å². The zero-order valence-electron chi connectivity index (χ0n) is 45.7. The third-order valence-corrected chi connectivity index (χ3v) is 16.6. The van der Waals surface area contributed by atoms with Gasteiger partial charge in [0.1, 0.15) is 24.0 Å². The number of rotatable bonds is 9. The normalized spacial score (nSPS) is 15.1. The third kappa shape index (κ3) is 8.49. The zero-order valence-corrected chi connectivity index (χ0v) is 45.7. The van der Waals surface area contributed by atoms with E-state index >= 15 is 0 Å². The summed E-state index contributed by atoms with van der Waals surface area (Å²) >= 11 is 0. The van der Waals surface area contributed by atoms with E-state index in [-0.39, 0.29) is 32.5 Å². The molecule has 0 aliphatic carbocycles. The van der Waals surface area contributed by atoms with Gasteiger partial charge in [0.2, 0.25) is 0 Å². The molecule has 2 atom stereocenters. The summed E-state index contributed by atoms with van der Waals surface area (Å²) in [6, 6.07) is 64.8. The van der Waals surface area contributed by atoms with Crippen molar-refractivity contribution in [1.29, 1.82) is 0 Å². The van der Waals surface area contributed by atoms with Crippen LogP contribution in [-0.2, 0) is 21.7 Å². The summed E-state index contributed by atoms with van der Waals surface area (Å²) in [6.45, 7) is 33.6. The third-order valence-electron chi connectivity index (χ3n) is 16.6. The van der Waals surface area contributed by atoms with E-state index in [1.54, 1.807) is 0 Å². The summed E-state index contributed by atoms with van der Waals surface area (Å²) in [5, 5.41) is 2.34. The van der Waals surface area contributed by atoms with Crippen LogP contribution in [0.25, 0.3) is 27.6 Å². The summed E-state index contributed by atoms with van der Waals surface area (Å²) < 4.78 is 9.40. The molecule has 0 fully saturated rings. The molecule has 10 rings (SSSR count). The highest BCUT2D eigenvalue weighted by molar-refractivity contribution is 6.09. The first-order valence-electron chi connectivity index (χ1n) is 26.2. The van der Waals surface area contributed by atoms with Crippen LogP contribution in [0.2, 0.25) is 0 Å². The molecular weight excluding hydrogens is 889 g/mol. The lowest BCUT2D eigenvalue weighted by atomic mass is 9.56. The summed E-state index contributed by atoms with van der Waals surface area (Å²) in [7, 11) is 0. The monoisotopic (exact) mass is 963 g/mol. The fraction of sp³-hybridized carbons (Fsp3) is 0.309. The fourth-order valence-corrected chi connectivity index (χ4v) is 11.4.